The highest BCUT2D eigenvalue weighted by molar-refractivity contribution is 7.71. The number of H-pyrrole nitrogens is 1. The molecule has 0 bridgehead atoms. The van der Waals surface area contributed by atoms with Crippen LogP contribution in [0.2, 0.25) is 0 Å². The van der Waals surface area contributed by atoms with E-state index in [2.05, 4.69) is 15.5 Å². The summed E-state index contributed by atoms with van der Waals surface area (Å²) in [4.78, 5) is 12.4. The van der Waals surface area contributed by atoms with Crippen molar-refractivity contribution in [2.45, 2.75) is 20.4 Å². The molecule has 0 saturated heterocycles. The van der Waals surface area contributed by atoms with E-state index in [1.165, 1.54) is 0 Å². The number of rotatable bonds is 6. The highest BCUT2D eigenvalue weighted by Gasteiger charge is 2.12. The van der Waals surface area contributed by atoms with Crippen LogP contribution in [-0.4, -0.2) is 27.3 Å². The number of hydrogen-bond donors (Lipinski definition) is 2. The summed E-state index contributed by atoms with van der Waals surface area (Å²) in [6, 6.07) is 15.2. The van der Waals surface area contributed by atoms with Crippen LogP contribution in [0.4, 0.5) is 5.69 Å². The van der Waals surface area contributed by atoms with Crippen LogP contribution in [0.15, 0.2) is 48.5 Å². The van der Waals surface area contributed by atoms with E-state index in [1.807, 2.05) is 50.2 Å². The molecule has 1 amide bonds. The molecule has 0 aliphatic heterocycles. The lowest BCUT2D eigenvalue weighted by Crippen LogP contribution is -2.19. The van der Waals surface area contributed by atoms with E-state index in [4.69, 9.17) is 17.0 Å². The number of aromatic amines is 1. The largest absolute Gasteiger partial charge is 0.494 e. The van der Waals surface area contributed by atoms with Gasteiger partial charge in [0, 0.05) is 11.3 Å². The lowest BCUT2D eigenvalue weighted by Gasteiger charge is -2.09. The molecule has 3 rings (SSSR count). The number of carbonyl (C=O) groups excluding carboxylic acids is 1. The van der Waals surface area contributed by atoms with E-state index in [0.29, 0.717) is 22.9 Å². The maximum Gasteiger partial charge on any atom is 0.244 e. The molecule has 0 atom stereocenters. The van der Waals surface area contributed by atoms with E-state index in [1.54, 1.807) is 16.7 Å². The first-order valence-corrected chi connectivity index (χ1v) is 8.72. The summed E-state index contributed by atoms with van der Waals surface area (Å²) >= 11 is 5.28. The van der Waals surface area contributed by atoms with Crippen LogP contribution in [0.1, 0.15) is 12.5 Å². The smallest absolute Gasteiger partial charge is 0.244 e. The van der Waals surface area contributed by atoms with Crippen molar-refractivity contribution in [3.63, 3.8) is 0 Å². The van der Waals surface area contributed by atoms with Gasteiger partial charge in [-0.2, -0.15) is 5.10 Å². The molecule has 1 aromatic heterocycles. The van der Waals surface area contributed by atoms with E-state index < -0.39 is 0 Å². The molecular formula is C19H20N4O2S. The molecule has 0 fully saturated rings. The summed E-state index contributed by atoms with van der Waals surface area (Å²) < 4.78 is 7.49. The Kier molecular flexibility index (Phi) is 5.48. The van der Waals surface area contributed by atoms with Crippen molar-refractivity contribution in [2.24, 2.45) is 0 Å². The third-order valence-electron chi connectivity index (χ3n) is 3.79. The fourth-order valence-electron chi connectivity index (χ4n) is 2.61. The highest BCUT2D eigenvalue weighted by Crippen LogP contribution is 2.19. The van der Waals surface area contributed by atoms with Gasteiger partial charge in [0.15, 0.2) is 10.6 Å². The number of nitrogens with zero attached hydrogens (tertiary/aromatic N) is 2. The lowest BCUT2D eigenvalue weighted by atomic mass is 10.1. The average molecular weight is 368 g/mol. The Balaban J connectivity index is 1.75. The summed E-state index contributed by atoms with van der Waals surface area (Å²) in [5, 5.41) is 9.90. The first-order chi connectivity index (χ1) is 12.6. The topological polar surface area (TPSA) is 71.9 Å². The lowest BCUT2D eigenvalue weighted by molar-refractivity contribution is -0.116. The third-order valence-corrected chi connectivity index (χ3v) is 4.10. The number of carbonyl (C=O) groups is 1. The van der Waals surface area contributed by atoms with Crippen LogP contribution in [0.3, 0.4) is 0 Å². The van der Waals surface area contributed by atoms with Gasteiger partial charge >= 0.3 is 0 Å². The molecule has 134 valence electrons. The van der Waals surface area contributed by atoms with Crippen molar-refractivity contribution in [3.05, 3.63) is 58.9 Å². The predicted molar refractivity (Wildman–Crippen MR) is 104 cm³/mol. The molecule has 3 aromatic rings. The zero-order valence-corrected chi connectivity index (χ0v) is 15.5. The molecule has 0 unspecified atom stereocenters. The van der Waals surface area contributed by atoms with Crippen LogP contribution >= 0.6 is 12.2 Å². The van der Waals surface area contributed by atoms with Crippen LogP contribution in [-0.2, 0) is 11.3 Å². The van der Waals surface area contributed by atoms with Crippen molar-refractivity contribution in [1.29, 1.82) is 0 Å². The standard InChI is InChI=1S/C19H20N4O2S/c1-3-25-16-9-7-15(8-10-16)20-17(24)12-23-18(21-22-19(23)26)14-6-4-5-13(2)11-14/h4-11H,3,12H2,1-2H3,(H,20,24)(H,22,26). The first-order valence-electron chi connectivity index (χ1n) is 8.32. The van der Waals surface area contributed by atoms with E-state index in [0.717, 1.165) is 16.9 Å². The maximum absolute atomic E-state index is 12.4. The Bertz CT molecular complexity index is 960. The van der Waals surface area contributed by atoms with Gasteiger partial charge in [0.25, 0.3) is 0 Å². The fourth-order valence-corrected chi connectivity index (χ4v) is 2.81. The summed E-state index contributed by atoms with van der Waals surface area (Å²) in [6.07, 6.45) is 0. The van der Waals surface area contributed by atoms with Crippen molar-refractivity contribution < 1.29 is 9.53 Å². The third kappa shape index (κ3) is 4.18. The molecule has 0 saturated carbocycles. The number of ether oxygens (including phenoxy) is 1. The summed E-state index contributed by atoms with van der Waals surface area (Å²) in [7, 11) is 0. The molecule has 26 heavy (non-hydrogen) atoms. The summed E-state index contributed by atoms with van der Waals surface area (Å²) in [5.74, 6) is 1.23. The number of hydrogen-bond acceptors (Lipinski definition) is 4. The molecule has 2 aromatic carbocycles. The molecule has 0 aliphatic rings. The van der Waals surface area contributed by atoms with E-state index in [-0.39, 0.29) is 12.5 Å². The normalized spacial score (nSPS) is 10.5. The zero-order valence-electron chi connectivity index (χ0n) is 14.7. The van der Waals surface area contributed by atoms with Gasteiger partial charge in [0.2, 0.25) is 5.91 Å². The number of nitrogens with one attached hydrogen (secondary N) is 2. The van der Waals surface area contributed by atoms with E-state index >= 15 is 0 Å². The number of aryl methyl sites for hydroxylation is 1. The molecule has 0 spiro atoms. The van der Waals surface area contributed by atoms with Crippen LogP contribution in [0.5, 0.6) is 5.75 Å². The van der Waals surface area contributed by atoms with Crippen molar-refractivity contribution >= 4 is 23.8 Å². The molecular weight excluding hydrogens is 348 g/mol. The van der Waals surface area contributed by atoms with Crippen LogP contribution < -0.4 is 10.1 Å². The van der Waals surface area contributed by atoms with Gasteiger partial charge < -0.3 is 10.1 Å². The van der Waals surface area contributed by atoms with Crippen molar-refractivity contribution in [2.75, 3.05) is 11.9 Å². The molecule has 0 aliphatic carbocycles. The minimum absolute atomic E-state index is 0.0752. The summed E-state index contributed by atoms with van der Waals surface area (Å²) in [5.41, 5.74) is 2.72. The fraction of sp³-hybridized carbons (Fsp3) is 0.211. The Labute approximate surface area is 156 Å². The molecule has 2 N–H and O–H groups in total. The molecule has 7 heteroatoms. The quantitative estimate of drug-likeness (QED) is 0.646. The van der Waals surface area contributed by atoms with Gasteiger partial charge in [-0.25, -0.2) is 0 Å². The van der Waals surface area contributed by atoms with Gasteiger partial charge in [-0.3, -0.25) is 14.5 Å². The second-order valence-electron chi connectivity index (χ2n) is 5.81. The SMILES string of the molecule is CCOc1ccc(NC(=O)Cn2c(-c3cccc(C)c3)n[nH]c2=S)cc1. The second kappa shape index (κ2) is 7.97. The van der Waals surface area contributed by atoms with Gasteiger partial charge in [0.1, 0.15) is 12.3 Å². The molecule has 0 radical (unpaired) electrons. The Morgan fingerprint density at radius 2 is 2.04 bits per heavy atom. The van der Waals surface area contributed by atoms with E-state index in [9.17, 15) is 4.79 Å². The Morgan fingerprint density at radius 1 is 1.27 bits per heavy atom. The number of benzene rings is 2. The second-order valence-corrected chi connectivity index (χ2v) is 6.20. The van der Waals surface area contributed by atoms with Crippen molar-refractivity contribution in [3.8, 4) is 17.1 Å². The van der Waals surface area contributed by atoms with Gasteiger partial charge in [0.05, 0.1) is 6.61 Å². The van der Waals surface area contributed by atoms with Gasteiger partial charge in [-0.15, -0.1) is 0 Å². The molecule has 1 heterocycles. The Morgan fingerprint density at radius 3 is 2.73 bits per heavy atom. The maximum atomic E-state index is 12.4. The monoisotopic (exact) mass is 368 g/mol. The number of aromatic nitrogens is 3. The van der Waals surface area contributed by atoms with Crippen molar-refractivity contribution in [1.82, 2.24) is 14.8 Å². The van der Waals surface area contributed by atoms with Crippen LogP contribution in [0.25, 0.3) is 11.4 Å². The highest BCUT2D eigenvalue weighted by atomic mass is 32.1. The summed E-state index contributed by atoms with van der Waals surface area (Å²) in [6.45, 7) is 4.61. The molecule has 6 nitrogen and oxygen atoms in total. The minimum atomic E-state index is -0.180. The van der Waals surface area contributed by atoms with Gasteiger partial charge in [-0.05, 0) is 56.4 Å². The Hall–Kier alpha value is -2.93. The average Bonchev–Trinajstić information content (AvgIpc) is 2.97. The van der Waals surface area contributed by atoms with Crippen LogP contribution in [0, 0.1) is 11.7 Å². The minimum Gasteiger partial charge on any atom is -0.494 e. The predicted octanol–water partition coefficient (Wildman–Crippen LogP) is 3.95. The number of amides is 1. The zero-order chi connectivity index (χ0) is 18.5. The number of anilines is 1. The first kappa shape index (κ1) is 17.9. The van der Waals surface area contributed by atoms with Gasteiger partial charge in [-0.1, -0.05) is 23.8 Å².